The van der Waals surface area contributed by atoms with Gasteiger partial charge in [0.2, 0.25) is 0 Å². The first-order valence-electron chi connectivity index (χ1n) is 11.0. The molecule has 0 saturated carbocycles. The Morgan fingerprint density at radius 3 is 2.77 bits per heavy atom. The van der Waals surface area contributed by atoms with Gasteiger partial charge in [0, 0.05) is 17.0 Å². The minimum atomic E-state index is -4.63. The summed E-state index contributed by atoms with van der Waals surface area (Å²) in [6.07, 6.45) is -2.38. The number of hydrogen-bond acceptors (Lipinski definition) is 5. The third-order valence-corrected chi connectivity index (χ3v) is 7.51. The van der Waals surface area contributed by atoms with E-state index >= 15 is 0 Å². The molecule has 35 heavy (non-hydrogen) atoms. The number of carbonyl (C=O) groups excluding carboxylic acids is 2. The van der Waals surface area contributed by atoms with Crippen LogP contribution in [0.4, 0.5) is 18.0 Å². The van der Waals surface area contributed by atoms with Crippen molar-refractivity contribution < 1.29 is 22.8 Å². The maximum Gasteiger partial charge on any atom is 0.416 e. The summed E-state index contributed by atoms with van der Waals surface area (Å²) in [5.74, 6) is -0.321. The summed E-state index contributed by atoms with van der Waals surface area (Å²) < 4.78 is 41.5. The van der Waals surface area contributed by atoms with Gasteiger partial charge in [-0.15, -0.1) is 0 Å². The highest BCUT2D eigenvalue weighted by Crippen LogP contribution is 2.41. The number of nitrogens with zero attached hydrogens (tertiary/aromatic N) is 2. The van der Waals surface area contributed by atoms with Crippen molar-refractivity contribution >= 4 is 51.0 Å². The molecule has 0 bridgehead atoms. The Bertz CT molecular complexity index is 1350. The molecule has 11 heteroatoms. The Kier molecular flexibility index (Phi) is 6.37. The quantitative estimate of drug-likeness (QED) is 0.435. The second-order valence-corrected chi connectivity index (χ2v) is 10.00. The van der Waals surface area contributed by atoms with Gasteiger partial charge >= 0.3 is 6.18 Å². The van der Waals surface area contributed by atoms with Crippen LogP contribution in [0.1, 0.15) is 23.1 Å². The lowest BCUT2D eigenvalue weighted by Gasteiger charge is -2.18. The molecule has 2 N–H and O–H groups in total. The number of alkyl halides is 3. The van der Waals surface area contributed by atoms with Gasteiger partial charge in [0.15, 0.2) is 0 Å². The number of thioether (sulfide) groups is 1. The zero-order chi connectivity index (χ0) is 24.7. The van der Waals surface area contributed by atoms with Gasteiger partial charge < -0.3 is 5.32 Å². The normalized spacial score (nSPS) is 20.3. The van der Waals surface area contributed by atoms with E-state index in [1.54, 1.807) is 24.4 Å². The maximum absolute atomic E-state index is 13.8. The number of rotatable bonds is 5. The lowest BCUT2D eigenvalue weighted by Crippen LogP contribution is -2.34. The van der Waals surface area contributed by atoms with Gasteiger partial charge in [0.1, 0.15) is 0 Å². The van der Waals surface area contributed by atoms with E-state index in [-0.39, 0.29) is 34.4 Å². The lowest BCUT2D eigenvalue weighted by atomic mass is 9.93. The molecule has 1 atom stereocenters. The number of halogens is 4. The van der Waals surface area contributed by atoms with E-state index in [1.807, 2.05) is 0 Å². The van der Waals surface area contributed by atoms with Crippen LogP contribution in [0.3, 0.4) is 0 Å². The topological polar surface area (TPSA) is 78.1 Å². The highest BCUT2D eigenvalue weighted by Gasteiger charge is 2.40. The van der Waals surface area contributed by atoms with Crippen LogP contribution in [0.25, 0.3) is 16.5 Å². The van der Waals surface area contributed by atoms with Crippen LogP contribution in [0.2, 0.25) is 5.02 Å². The van der Waals surface area contributed by atoms with E-state index in [2.05, 4.69) is 15.5 Å². The van der Waals surface area contributed by atoms with E-state index < -0.39 is 22.9 Å². The molecule has 5 rings (SSSR count). The number of aromatic amines is 1. The first kappa shape index (κ1) is 23.9. The van der Waals surface area contributed by atoms with E-state index in [0.29, 0.717) is 17.7 Å². The van der Waals surface area contributed by atoms with Crippen LogP contribution >= 0.6 is 23.4 Å². The largest absolute Gasteiger partial charge is 0.416 e. The second kappa shape index (κ2) is 9.33. The summed E-state index contributed by atoms with van der Waals surface area (Å²) in [5, 5.41) is 10.3. The summed E-state index contributed by atoms with van der Waals surface area (Å²) in [4.78, 5) is 27.6. The standard InChI is InChI=1S/C24H20ClF3N4O2S/c25-17-3-1-15(19(9-17)24(26,27)28)8-18(14-2-4-20-16(7-14)11-30-31-20)21-22(33)32(23(34)35-21)12-13-5-6-29-10-13/h1-4,7,9,11,13,29H,5-6,8,10,12H2,(H,30,31)/b21-18-/t13-/m1/s1. The van der Waals surface area contributed by atoms with Crippen LogP contribution in [0.5, 0.6) is 0 Å². The Labute approximate surface area is 207 Å². The lowest BCUT2D eigenvalue weighted by molar-refractivity contribution is -0.138. The Hall–Kier alpha value is -2.82. The van der Waals surface area contributed by atoms with Crippen LogP contribution in [0.15, 0.2) is 47.5 Å². The molecule has 6 nitrogen and oxygen atoms in total. The Morgan fingerprint density at radius 2 is 2.03 bits per heavy atom. The monoisotopic (exact) mass is 520 g/mol. The number of amides is 2. The number of H-pyrrole nitrogens is 1. The van der Waals surface area contributed by atoms with Gasteiger partial charge in [-0.1, -0.05) is 23.7 Å². The Morgan fingerprint density at radius 1 is 1.20 bits per heavy atom. The fourth-order valence-corrected chi connectivity index (χ4v) is 5.59. The minimum absolute atomic E-state index is 0.0315. The van der Waals surface area contributed by atoms with Crippen molar-refractivity contribution in [3.05, 3.63) is 69.2 Å². The summed E-state index contributed by atoms with van der Waals surface area (Å²) in [6, 6.07) is 8.81. The molecule has 2 fully saturated rings. The molecular weight excluding hydrogens is 501 g/mol. The average Bonchev–Trinajstić information content (AvgIpc) is 3.55. The van der Waals surface area contributed by atoms with Crippen molar-refractivity contribution in [2.75, 3.05) is 19.6 Å². The van der Waals surface area contributed by atoms with E-state index in [4.69, 9.17) is 11.6 Å². The van der Waals surface area contributed by atoms with E-state index in [0.717, 1.165) is 41.7 Å². The summed E-state index contributed by atoms with van der Waals surface area (Å²) >= 11 is 6.64. The molecule has 3 aromatic rings. The molecule has 0 aliphatic carbocycles. The van der Waals surface area contributed by atoms with Crippen molar-refractivity contribution in [1.29, 1.82) is 0 Å². The molecule has 3 heterocycles. The second-order valence-electron chi connectivity index (χ2n) is 8.60. The van der Waals surface area contributed by atoms with Gasteiger partial charge in [-0.25, -0.2) is 0 Å². The average molecular weight is 521 g/mol. The predicted octanol–water partition coefficient (Wildman–Crippen LogP) is 5.49. The Balaban J connectivity index is 1.60. The zero-order valence-electron chi connectivity index (χ0n) is 18.3. The molecule has 2 aliphatic rings. The molecule has 2 saturated heterocycles. The maximum atomic E-state index is 13.8. The minimum Gasteiger partial charge on any atom is -0.316 e. The van der Waals surface area contributed by atoms with Gasteiger partial charge in [0.05, 0.1) is 22.2 Å². The van der Waals surface area contributed by atoms with Gasteiger partial charge in [-0.2, -0.15) is 18.3 Å². The van der Waals surface area contributed by atoms with Crippen LogP contribution in [-0.2, 0) is 17.4 Å². The number of fused-ring (bicyclic) bond motifs is 1. The number of carbonyl (C=O) groups is 2. The molecule has 0 spiro atoms. The summed E-state index contributed by atoms with van der Waals surface area (Å²) in [5.41, 5.74) is 0.753. The molecule has 2 amide bonds. The van der Waals surface area contributed by atoms with E-state index in [9.17, 15) is 22.8 Å². The summed E-state index contributed by atoms with van der Waals surface area (Å²) in [7, 11) is 0. The molecular formula is C24H20ClF3N4O2S. The third-order valence-electron chi connectivity index (χ3n) is 6.26. The first-order chi connectivity index (χ1) is 16.7. The predicted molar refractivity (Wildman–Crippen MR) is 129 cm³/mol. The summed E-state index contributed by atoms with van der Waals surface area (Å²) in [6.45, 7) is 1.82. The van der Waals surface area contributed by atoms with Gasteiger partial charge in [-0.3, -0.25) is 19.6 Å². The highest BCUT2D eigenvalue weighted by atomic mass is 35.5. The van der Waals surface area contributed by atoms with E-state index in [1.165, 1.54) is 17.0 Å². The smallest absolute Gasteiger partial charge is 0.316 e. The number of nitrogens with one attached hydrogen (secondary N) is 2. The number of hydrogen-bond donors (Lipinski definition) is 2. The fraction of sp³-hybridized carbons (Fsp3) is 0.292. The van der Waals surface area contributed by atoms with Crippen molar-refractivity contribution in [2.24, 2.45) is 5.92 Å². The molecule has 1 aromatic heterocycles. The van der Waals surface area contributed by atoms with Crippen molar-refractivity contribution in [3.8, 4) is 0 Å². The SMILES string of the molecule is O=C1S/C(=C(/Cc2ccc(Cl)cc2C(F)(F)F)c2ccc3[nH]ncc3c2)C(=O)N1C[C@@H]1CCNC1. The number of imide groups is 1. The fourth-order valence-electron chi connectivity index (χ4n) is 4.47. The van der Waals surface area contributed by atoms with Crippen LogP contribution < -0.4 is 5.32 Å². The van der Waals surface area contributed by atoms with Gasteiger partial charge in [-0.05, 0) is 84.6 Å². The molecule has 2 aliphatic heterocycles. The zero-order valence-corrected chi connectivity index (χ0v) is 19.9. The van der Waals surface area contributed by atoms with Crippen molar-refractivity contribution in [3.63, 3.8) is 0 Å². The molecule has 0 radical (unpaired) electrons. The van der Waals surface area contributed by atoms with Crippen molar-refractivity contribution in [2.45, 2.75) is 19.0 Å². The van der Waals surface area contributed by atoms with Crippen LogP contribution in [-0.4, -0.2) is 45.9 Å². The first-order valence-corrected chi connectivity index (χ1v) is 12.2. The molecule has 0 unspecified atom stereocenters. The highest BCUT2D eigenvalue weighted by molar-refractivity contribution is 8.18. The third kappa shape index (κ3) is 4.82. The molecule has 2 aromatic carbocycles. The molecule has 182 valence electrons. The number of benzene rings is 2. The number of aromatic nitrogens is 2. The van der Waals surface area contributed by atoms with Gasteiger partial charge in [0.25, 0.3) is 11.1 Å². The van der Waals surface area contributed by atoms with Crippen LogP contribution in [0, 0.1) is 5.92 Å². The number of allylic oxidation sites excluding steroid dienone is 1. The van der Waals surface area contributed by atoms with Crippen molar-refractivity contribution in [1.82, 2.24) is 20.4 Å².